The Balaban J connectivity index is 0.00000144. The smallest absolute Gasteiger partial charge is 0.240 e. The minimum Gasteiger partial charge on any atom is -0.379 e. The molecule has 2 aliphatic rings. The van der Waals surface area contributed by atoms with Crippen molar-refractivity contribution in [1.29, 1.82) is 0 Å². The summed E-state index contributed by atoms with van der Waals surface area (Å²) in [6, 6.07) is -0.102. The number of aromatic nitrogens is 2. The molecular formula is C15H27Cl2N5O2. The van der Waals surface area contributed by atoms with Crippen LogP contribution in [0.4, 0.5) is 0 Å². The Bertz CT molecular complexity index is 522. The van der Waals surface area contributed by atoms with Crippen LogP contribution in [-0.2, 0) is 16.6 Å². The number of ether oxygens (including phenoxy) is 1. The number of morpholine rings is 1. The van der Waals surface area contributed by atoms with Crippen LogP contribution in [-0.4, -0.2) is 77.2 Å². The maximum Gasteiger partial charge on any atom is 0.240 e. The second-order valence-electron chi connectivity index (χ2n) is 5.97. The van der Waals surface area contributed by atoms with Crippen molar-refractivity contribution < 1.29 is 9.53 Å². The van der Waals surface area contributed by atoms with Crippen molar-refractivity contribution in [3.05, 3.63) is 18.2 Å². The van der Waals surface area contributed by atoms with Gasteiger partial charge in [0.25, 0.3) is 0 Å². The van der Waals surface area contributed by atoms with Gasteiger partial charge in [-0.05, 0) is 6.92 Å². The van der Waals surface area contributed by atoms with Crippen molar-refractivity contribution in [2.75, 3.05) is 45.9 Å². The quantitative estimate of drug-likeness (QED) is 0.826. The highest BCUT2D eigenvalue weighted by Gasteiger charge is 2.34. The van der Waals surface area contributed by atoms with Crippen LogP contribution in [0, 0.1) is 0 Å². The lowest BCUT2D eigenvalue weighted by Gasteiger charge is -2.40. The van der Waals surface area contributed by atoms with Gasteiger partial charge in [-0.3, -0.25) is 9.69 Å². The molecule has 2 atom stereocenters. The molecule has 1 N–H and O–H groups in total. The monoisotopic (exact) mass is 379 g/mol. The molecule has 0 radical (unpaired) electrons. The van der Waals surface area contributed by atoms with E-state index in [0.717, 1.165) is 38.5 Å². The molecule has 0 bridgehead atoms. The van der Waals surface area contributed by atoms with Gasteiger partial charge >= 0.3 is 0 Å². The minimum atomic E-state index is -0.107. The number of carbonyl (C=O) groups excluding carboxylic acids is 1. The van der Waals surface area contributed by atoms with Crippen LogP contribution in [0.5, 0.6) is 0 Å². The highest BCUT2D eigenvalue weighted by atomic mass is 35.5. The van der Waals surface area contributed by atoms with Gasteiger partial charge in [-0.25, -0.2) is 4.98 Å². The summed E-state index contributed by atoms with van der Waals surface area (Å²) in [5.41, 5.74) is 0. The van der Waals surface area contributed by atoms with Crippen molar-refractivity contribution in [2.24, 2.45) is 7.05 Å². The van der Waals surface area contributed by atoms with E-state index in [1.54, 1.807) is 6.20 Å². The first-order valence-electron chi connectivity index (χ1n) is 7.98. The Morgan fingerprint density at radius 1 is 1.33 bits per heavy atom. The summed E-state index contributed by atoms with van der Waals surface area (Å²) in [6.45, 7) is 7.40. The molecule has 3 rings (SSSR count). The molecule has 1 amide bonds. The van der Waals surface area contributed by atoms with Gasteiger partial charge in [0.15, 0.2) is 0 Å². The topological polar surface area (TPSA) is 62.6 Å². The standard InChI is InChI=1S/C15H25N5O2.2ClH/c1-12(19-7-9-22-10-8-19)15(21)20-6-3-16-11-13(20)14-17-4-5-18(14)2;;/h4-5,12-13,16H,3,6-11H2,1-2H3;2*1H. The average molecular weight is 380 g/mol. The first-order chi connectivity index (χ1) is 10.7. The van der Waals surface area contributed by atoms with E-state index in [-0.39, 0.29) is 42.8 Å². The largest absolute Gasteiger partial charge is 0.379 e. The normalized spacial score (nSPS) is 23.1. The third-order valence-electron chi connectivity index (χ3n) is 4.63. The number of aryl methyl sites for hydroxylation is 1. The Labute approximate surface area is 155 Å². The Kier molecular flexibility index (Phi) is 8.45. The molecule has 1 aromatic rings. The maximum atomic E-state index is 13.0. The Hall–Kier alpha value is -0.860. The van der Waals surface area contributed by atoms with Crippen molar-refractivity contribution in [2.45, 2.75) is 19.0 Å². The van der Waals surface area contributed by atoms with E-state index in [0.29, 0.717) is 13.2 Å². The van der Waals surface area contributed by atoms with Gasteiger partial charge < -0.3 is 19.5 Å². The molecule has 2 unspecified atom stereocenters. The number of amides is 1. The Morgan fingerprint density at radius 3 is 2.67 bits per heavy atom. The number of rotatable bonds is 3. The molecular weight excluding hydrogens is 353 g/mol. The molecule has 0 aromatic carbocycles. The number of nitrogens with zero attached hydrogens (tertiary/aromatic N) is 4. The van der Waals surface area contributed by atoms with Gasteiger partial charge in [0.1, 0.15) is 11.9 Å². The molecule has 2 saturated heterocycles. The van der Waals surface area contributed by atoms with E-state index in [4.69, 9.17) is 4.74 Å². The van der Waals surface area contributed by atoms with Crippen LogP contribution >= 0.6 is 24.8 Å². The van der Waals surface area contributed by atoms with Gasteiger partial charge in [0, 0.05) is 52.2 Å². The van der Waals surface area contributed by atoms with Crippen LogP contribution in [0.25, 0.3) is 0 Å². The lowest BCUT2D eigenvalue weighted by molar-refractivity contribution is -0.141. The van der Waals surface area contributed by atoms with Crippen molar-refractivity contribution in [3.63, 3.8) is 0 Å². The van der Waals surface area contributed by atoms with Crippen LogP contribution in [0.15, 0.2) is 12.4 Å². The van der Waals surface area contributed by atoms with Gasteiger partial charge in [-0.15, -0.1) is 24.8 Å². The fourth-order valence-corrected chi connectivity index (χ4v) is 3.26. The number of imidazole rings is 1. The number of piperazine rings is 1. The molecule has 7 nitrogen and oxygen atoms in total. The lowest BCUT2D eigenvalue weighted by atomic mass is 10.1. The van der Waals surface area contributed by atoms with Crippen LogP contribution < -0.4 is 5.32 Å². The summed E-state index contributed by atoms with van der Waals surface area (Å²) >= 11 is 0. The lowest BCUT2D eigenvalue weighted by Crippen LogP contribution is -2.56. The second kappa shape index (κ2) is 9.58. The van der Waals surface area contributed by atoms with E-state index < -0.39 is 0 Å². The zero-order valence-electron chi connectivity index (χ0n) is 14.2. The number of hydrogen-bond acceptors (Lipinski definition) is 5. The Morgan fingerprint density at radius 2 is 2.04 bits per heavy atom. The molecule has 138 valence electrons. The third-order valence-corrected chi connectivity index (χ3v) is 4.63. The summed E-state index contributed by atoms with van der Waals surface area (Å²) in [5.74, 6) is 1.13. The van der Waals surface area contributed by atoms with Crippen LogP contribution in [0.1, 0.15) is 18.8 Å². The van der Waals surface area contributed by atoms with E-state index in [2.05, 4.69) is 15.2 Å². The highest BCUT2D eigenvalue weighted by Crippen LogP contribution is 2.22. The number of nitrogens with one attached hydrogen (secondary N) is 1. The minimum absolute atomic E-state index is 0. The molecule has 24 heavy (non-hydrogen) atoms. The van der Waals surface area contributed by atoms with E-state index in [1.807, 2.05) is 29.6 Å². The molecule has 0 spiro atoms. The van der Waals surface area contributed by atoms with E-state index in [9.17, 15) is 4.79 Å². The molecule has 9 heteroatoms. The summed E-state index contributed by atoms with van der Waals surface area (Å²) in [5, 5.41) is 3.37. The summed E-state index contributed by atoms with van der Waals surface area (Å²) in [7, 11) is 1.98. The van der Waals surface area contributed by atoms with E-state index in [1.165, 1.54) is 0 Å². The molecule has 2 aliphatic heterocycles. The van der Waals surface area contributed by atoms with E-state index >= 15 is 0 Å². The molecule has 1 aromatic heterocycles. The summed E-state index contributed by atoms with van der Waals surface area (Å²) in [4.78, 5) is 21.6. The molecule has 3 heterocycles. The maximum absolute atomic E-state index is 13.0. The van der Waals surface area contributed by atoms with Gasteiger partial charge in [0.05, 0.1) is 19.3 Å². The van der Waals surface area contributed by atoms with Crippen molar-refractivity contribution in [1.82, 2.24) is 24.7 Å². The van der Waals surface area contributed by atoms with Crippen molar-refractivity contribution >= 4 is 30.7 Å². The van der Waals surface area contributed by atoms with Gasteiger partial charge in [-0.1, -0.05) is 0 Å². The van der Waals surface area contributed by atoms with Crippen LogP contribution in [0.2, 0.25) is 0 Å². The second-order valence-corrected chi connectivity index (χ2v) is 5.97. The van der Waals surface area contributed by atoms with Crippen LogP contribution in [0.3, 0.4) is 0 Å². The summed E-state index contributed by atoms with van der Waals surface area (Å²) in [6.07, 6.45) is 3.72. The first-order valence-corrected chi connectivity index (χ1v) is 7.98. The fourth-order valence-electron chi connectivity index (χ4n) is 3.26. The predicted octanol–water partition coefficient (Wildman–Crippen LogP) is 0.457. The zero-order valence-corrected chi connectivity index (χ0v) is 15.8. The number of halogens is 2. The first kappa shape index (κ1) is 21.2. The zero-order chi connectivity index (χ0) is 15.5. The molecule has 0 aliphatic carbocycles. The fraction of sp³-hybridized carbons (Fsp3) is 0.733. The van der Waals surface area contributed by atoms with Gasteiger partial charge in [-0.2, -0.15) is 0 Å². The van der Waals surface area contributed by atoms with Crippen molar-refractivity contribution in [3.8, 4) is 0 Å². The highest BCUT2D eigenvalue weighted by molar-refractivity contribution is 5.85. The predicted molar refractivity (Wildman–Crippen MR) is 96.9 cm³/mol. The van der Waals surface area contributed by atoms with Gasteiger partial charge in [0.2, 0.25) is 5.91 Å². The average Bonchev–Trinajstić information content (AvgIpc) is 3.00. The summed E-state index contributed by atoms with van der Waals surface area (Å²) < 4.78 is 7.38. The number of carbonyl (C=O) groups is 1. The molecule has 0 saturated carbocycles. The SMILES string of the molecule is CC(C(=O)N1CCNCC1c1nccn1C)N1CCOCC1.Cl.Cl. The molecule has 2 fully saturated rings. The number of hydrogen-bond donors (Lipinski definition) is 1. The third kappa shape index (κ3) is 4.40.